The minimum atomic E-state index is -0.545. The highest BCUT2D eigenvalue weighted by molar-refractivity contribution is 6.22. The van der Waals surface area contributed by atoms with Crippen LogP contribution in [-0.4, -0.2) is 42.8 Å². The van der Waals surface area contributed by atoms with Crippen LogP contribution in [0, 0.1) is 0 Å². The number of likely N-dealkylation sites (N-methyl/N-ethyl adjacent to an activating group) is 1. The van der Waals surface area contributed by atoms with Gasteiger partial charge in [0.05, 0.1) is 12.2 Å². The van der Waals surface area contributed by atoms with Crippen molar-refractivity contribution in [2.75, 3.05) is 25.5 Å². The molecule has 3 rings (SSSR count). The summed E-state index contributed by atoms with van der Waals surface area (Å²) in [7, 11) is 3.72. The van der Waals surface area contributed by atoms with Crippen LogP contribution in [0.1, 0.15) is 23.2 Å². The fourth-order valence-corrected chi connectivity index (χ4v) is 2.73. The van der Waals surface area contributed by atoms with Gasteiger partial charge in [-0.2, -0.15) is 0 Å². The van der Waals surface area contributed by atoms with Crippen molar-refractivity contribution in [1.82, 2.24) is 4.90 Å². The van der Waals surface area contributed by atoms with Crippen LogP contribution in [0.15, 0.2) is 24.3 Å². The zero-order valence-electron chi connectivity index (χ0n) is 10.6. The summed E-state index contributed by atoms with van der Waals surface area (Å²) < 4.78 is 0. The summed E-state index contributed by atoms with van der Waals surface area (Å²) in [6.45, 7) is 0.337. The number of carbonyl (C=O) groups excluding carboxylic acids is 2. The number of para-hydroxylation sites is 1. The van der Waals surface area contributed by atoms with Gasteiger partial charge in [0.1, 0.15) is 5.54 Å². The highest BCUT2D eigenvalue weighted by Gasteiger charge is 2.61. The lowest BCUT2D eigenvalue weighted by Gasteiger charge is -2.25. The number of hydrogen-bond acceptors (Lipinski definition) is 3. The molecular formula is C14H16N2O2. The highest BCUT2D eigenvalue weighted by atomic mass is 16.2. The maximum atomic E-state index is 12.4. The van der Waals surface area contributed by atoms with E-state index in [1.54, 1.807) is 4.90 Å². The summed E-state index contributed by atoms with van der Waals surface area (Å²) in [6.07, 6.45) is 1.58. The Balaban J connectivity index is 2.03. The van der Waals surface area contributed by atoms with E-state index in [9.17, 15) is 9.59 Å². The van der Waals surface area contributed by atoms with Gasteiger partial charge in [-0.15, -0.1) is 0 Å². The predicted molar refractivity (Wildman–Crippen MR) is 68.8 cm³/mol. The SMILES string of the molecule is CN(C)CC(=O)N1c2ccccc2C(=O)C12CC2. The summed E-state index contributed by atoms with van der Waals surface area (Å²) in [4.78, 5) is 28.3. The Labute approximate surface area is 106 Å². The van der Waals surface area contributed by atoms with E-state index in [2.05, 4.69) is 0 Å². The first-order valence-corrected chi connectivity index (χ1v) is 6.18. The van der Waals surface area contributed by atoms with Gasteiger partial charge in [-0.1, -0.05) is 12.1 Å². The molecule has 1 aliphatic carbocycles. The lowest BCUT2D eigenvalue weighted by molar-refractivity contribution is -0.119. The molecule has 1 aromatic carbocycles. The minimum absolute atomic E-state index is 0.0100. The topological polar surface area (TPSA) is 40.6 Å². The average Bonchev–Trinajstić information content (AvgIpc) is 3.04. The first kappa shape index (κ1) is 11.4. The van der Waals surface area contributed by atoms with Crippen molar-refractivity contribution in [3.8, 4) is 0 Å². The minimum Gasteiger partial charge on any atom is -0.301 e. The van der Waals surface area contributed by atoms with Crippen molar-refractivity contribution in [2.24, 2.45) is 0 Å². The second kappa shape index (κ2) is 3.65. The Bertz CT molecular complexity index is 532. The smallest absolute Gasteiger partial charge is 0.242 e. The molecule has 0 saturated heterocycles. The van der Waals surface area contributed by atoms with E-state index in [0.29, 0.717) is 12.1 Å². The Kier molecular flexibility index (Phi) is 2.32. The van der Waals surface area contributed by atoms with Crippen molar-refractivity contribution >= 4 is 17.4 Å². The number of rotatable bonds is 2. The molecule has 1 aromatic rings. The molecule has 1 fully saturated rings. The van der Waals surface area contributed by atoms with Crippen LogP contribution < -0.4 is 4.90 Å². The molecule has 0 bridgehead atoms. The lowest BCUT2D eigenvalue weighted by atomic mass is 10.1. The van der Waals surface area contributed by atoms with Crippen molar-refractivity contribution in [1.29, 1.82) is 0 Å². The van der Waals surface area contributed by atoms with Crippen LogP contribution in [0.3, 0.4) is 0 Å². The van der Waals surface area contributed by atoms with E-state index in [0.717, 1.165) is 18.5 Å². The molecule has 0 radical (unpaired) electrons. The molecule has 1 heterocycles. The van der Waals surface area contributed by atoms with Gasteiger partial charge < -0.3 is 4.90 Å². The fourth-order valence-electron chi connectivity index (χ4n) is 2.73. The van der Waals surface area contributed by atoms with E-state index in [4.69, 9.17) is 0 Å². The molecule has 4 nitrogen and oxygen atoms in total. The first-order chi connectivity index (χ1) is 8.56. The molecule has 0 N–H and O–H groups in total. The van der Waals surface area contributed by atoms with Crippen LogP contribution in [0.25, 0.3) is 0 Å². The molecule has 1 amide bonds. The monoisotopic (exact) mass is 244 g/mol. The van der Waals surface area contributed by atoms with Crippen molar-refractivity contribution in [3.05, 3.63) is 29.8 Å². The van der Waals surface area contributed by atoms with Crippen LogP contribution in [0.2, 0.25) is 0 Å². The summed E-state index contributed by atoms with van der Waals surface area (Å²) in [6, 6.07) is 7.42. The largest absolute Gasteiger partial charge is 0.301 e. The van der Waals surface area contributed by atoms with Gasteiger partial charge in [-0.3, -0.25) is 14.5 Å². The number of carbonyl (C=O) groups is 2. The summed E-state index contributed by atoms with van der Waals surface area (Å²) in [5, 5.41) is 0. The predicted octanol–water partition coefficient (Wildman–Crippen LogP) is 1.31. The summed E-state index contributed by atoms with van der Waals surface area (Å²) >= 11 is 0. The standard InChI is InChI=1S/C14H16N2O2/c1-15(2)9-12(17)16-11-6-4-3-5-10(11)13(18)14(16)7-8-14/h3-6H,7-9H2,1-2H3. The number of ketones is 1. The molecule has 18 heavy (non-hydrogen) atoms. The second-order valence-corrected chi connectivity index (χ2v) is 5.34. The zero-order chi connectivity index (χ0) is 12.9. The third-order valence-electron chi connectivity index (χ3n) is 3.66. The number of anilines is 1. The van der Waals surface area contributed by atoms with E-state index < -0.39 is 5.54 Å². The van der Waals surface area contributed by atoms with Gasteiger partial charge in [-0.25, -0.2) is 0 Å². The highest BCUT2D eigenvalue weighted by Crippen LogP contribution is 2.52. The number of amides is 1. The molecule has 0 atom stereocenters. The number of hydrogen-bond donors (Lipinski definition) is 0. The van der Waals surface area contributed by atoms with Crippen molar-refractivity contribution < 1.29 is 9.59 Å². The van der Waals surface area contributed by atoms with E-state index >= 15 is 0 Å². The average molecular weight is 244 g/mol. The number of fused-ring (bicyclic) bond motifs is 1. The van der Waals surface area contributed by atoms with Crippen LogP contribution in [0.4, 0.5) is 5.69 Å². The molecule has 94 valence electrons. The Morgan fingerprint density at radius 3 is 2.61 bits per heavy atom. The van der Waals surface area contributed by atoms with Crippen LogP contribution in [0.5, 0.6) is 0 Å². The van der Waals surface area contributed by atoms with Gasteiger partial charge in [0.25, 0.3) is 0 Å². The fraction of sp³-hybridized carbons (Fsp3) is 0.429. The maximum absolute atomic E-state index is 12.4. The Morgan fingerprint density at radius 2 is 2.00 bits per heavy atom. The molecule has 0 aromatic heterocycles. The molecule has 0 unspecified atom stereocenters. The molecular weight excluding hydrogens is 228 g/mol. The maximum Gasteiger partial charge on any atom is 0.242 e. The third kappa shape index (κ3) is 1.42. The summed E-state index contributed by atoms with van der Waals surface area (Å²) in [5.74, 6) is 0.126. The zero-order valence-corrected chi connectivity index (χ0v) is 10.6. The molecule has 1 spiro atoms. The van der Waals surface area contributed by atoms with Crippen molar-refractivity contribution in [2.45, 2.75) is 18.4 Å². The molecule has 1 saturated carbocycles. The number of benzene rings is 1. The lowest BCUT2D eigenvalue weighted by Crippen LogP contribution is -2.46. The number of nitrogens with zero attached hydrogens (tertiary/aromatic N) is 2. The Hall–Kier alpha value is -1.68. The van der Waals surface area contributed by atoms with Gasteiger partial charge >= 0.3 is 0 Å². The van der Waals surface area contributed by atoms with Crippen molar-refractivity contribution in [3.63, 3.8) is 0 Å². The normalized spacial score (nSPS) is 19.5. The molecule has 4 heteroatoms. The quantitative estimate of drug-likeness (QED) is 0.787. The number of Topliss-reactive ketones (excluding diaryl/α,β-unsaturated/α-hetero) is 1. The van der Waals surface area contributed by atoms with Crippen LogP contribution >= 0.6 is 0 Å². The van der Waals surface area contributed by atoms with Crippen LogP contribution in [-0.2, 0) is 4.79 Å². The molecule has 2 aliphatic rings. The van der Waals surface area contributed by atoms with Gasteiger partial charge in [-0.05, 0) is 39.1 Å². The van der Waals surface area contributed by atoms with Gasteiger partial charge in [0.2, 0.25) is 5.91 Å². The first-order valence-electron chi connectivity index (χ1n) is 6.18. The Morgan fingerprint density at radius 1 is 1.33 bits per heavy atom. The van der Waals surface area contributed by atoms with E-state index in [-0.39, 0.29) is 11.7 Å². The second-order valence-electron chi connectivity index (χ2n) is 5.34. The summed E-state index contributed by atoms with van der Waals surface area (Å²) in [5.41, 5.74) is 0.936. The van der Waals surface area contributed by atoms with E-state index in [1.165, 1.54) is 0 Å². The third-order valence-corrected chi connectivity index (χ3v) is 3.66. The van der Waals surface area contributed by atoms with Gasteiger partial charge in [0, 0.05) is 5.56 Å². The van der Waals surface area contributed by atoms with E-state index in [1.807, 2.05) is 43.3 Å². The molecule has 1 aliphatic heterocycles. The van der Waals surface area contributed by atoms with Gasteiger partial charge in [0.15, 0.2) is 5.78 Å².